The lowest BCUT2D eigenvalue weighted by atomic mass is 9.90. The normalized spacial score (nSPS) is 24.7. The summed E-state index contributed by atoms with van der Waals surface area (Å²) >= 11 is 0. The van der Waals surface area contributed by atoms with E-state index in [2.05, 4.69) is 0 Å². The van der Waals surface area contributed by atoms with Gasteiger partial charge < -0.3 is 9.84 Å². The van der Waals surface area contributed by atoms with Gasteiger partial charge in [-0.3, -0.25) is 0 Å². The second kappa shape index (κ2) is 3.31. The summed E-state index contributed by atoms with van der Waals surface area (Å²) in [4.78, 5) is 10.7. The SMILES string of the molecule is C[C@]1(F)COCc2ccc(C(=O)O)cc21. The predicted octanol–water partition coefficient (Wildman–Crippen LogP) is 2.10. The number of hydrogen-bond acceptors (Lipinski definition) is 2. The minimum absolute atomic E-state index is 0.0247. The average Bonchev–Trinajstić information content (AvgIpc) is 2.17. The van der Waals surface area contributed by atoms with E-state index >= 15 is 0 Å². The molecule has 0 bridgehead atoms. The lowest BCUT2D eigenvalue weighted by molar-refractivity contribution is -0.00470. The third-order valence-electron chi connectivity index (χ3n) is 2.55. The first-order valence-corrected chi connectivity index (χ1v) is 4.64. The van der Waals surface area contributed by atoms with Crippen molar-refractivity contribution >= 4 is 5.97 Å². The standard InChI is InChI=1S/C11H11FO3/c1-11(12)6-15-5-8-3-2-7(10(13)14)4-9(8)11/h2-4H,5-6H2,1H3,(H,13,14)/t11-/m0/s1. The summed E-state index contributed by atoms with van der Waals surface area (Å²) in [5.41, 5.74) is -0.344. The molecule has 15 heavy (non-hydrogen) atoms. The van der Waals surface area contributed by atoms with E-state index in [1.54, 1.807) is 6.07 Å². The minimum Gasteiger partial charge on any atom is -0.478 e. The Morgan fingerprint density at radius 3 is 3.00 bits per heavy atom. The molecule has 1 aromatic rings. The van der Waals surface area contributed by atoms with E-state index in [-0.39, 0.29) is 12.2 Å². The topological polar surface area (TPSA) is 46.5 Å². The smallest absolute Gasteiger partial charge is 0.335 e. The molecule has 0 unspecified atom stereocenters. The van der Waals surface area contributed by atoms with Gasteiger partial charge in [0.2, 0.25) is 0 Å². The van der Waals surface area contributed by atoms with E-state index in [1.165, 1.54) is 19.1 Å². The summed E-state index contributed by atoms with van der Waals surface area (Å²) < 4.78 is 19.1. The molecule has 1 N–H and O–H groups in total. The molecule has 2 rings (SSSR count). The van der Waals surface area contributed by atoms with E-state index in [1.807, 2.05) is 0 Å². The largest absolute Gasteiger partial charge is 0.478 e. The van der Waals surface area contributed by atoms with Crippen molar-refractivity contribution in [1.82, 2.24) is 0 Å². The van der Waals surface area contributed by atoms with E-state index in [9.17, 15) is 9.18 Å². The van der Waals surface area contributed by atoms with Gasteiger partial charge in [-0.15, -0.1) is 0 Å². The maximum Gasteiger partial charge on any atom is 0.335 e. The van der Waals surface area contributed by atoms with Gasteiger partial charge in [-0.2, -0.15) is 0 Å². The Morgan fingerprint density at radius 2 is 2.33 bits per heavy atom. The fraction of sp³-hybridized carbons (Fsp3) is 0.364. The second-order valence-electron chi connectivity index (χ2n) is 3.87. The lowest BCUT2D eigenvalue weighted by Gasteiger charge is -2.28. The monoisotopic (exact) mass is 210 g/mol. The third-order valence-corrected chi connectivity index (χ3v) is 2.55. The van der Waals surface area contributed by atoms with Gasteiger partial charge >= 0.3 is 5.97 Å². The molecular formula is C11H11FO3. The van der Waals surface area contributed by atoms with Gasteiger partial charge in [-0.25, -0.2) is 9.18 Å². The van der Waals surface area contributed by atoms with Crippen molar-refractivity contribution in [3.63, 3.8) is 0 Å². The molecule has 1 heterocycles. The maximum absolute atomic E-state index is 14.0. The van der Waals surface area contributed by atoms with Crippen LogP contribution in [0.5, 0.6) is 0 Å². The number of ether oxygens (including phenoxy) is 1. The van der Waals surface area contributed by atoms with Crippen LogP contribution >= 0.6 is 0 Å². The average molecular weight is 210 g/mol. The zero-order chi connectivity index (χ0) is 11.1. The predicted molar refractivity (Wildman–Crippen MR) is 51.5 cm³/mol. The highest BCUT2D eigenvalue weighted by Crippen LogP contribution is 2.34. The molecule has 0 spiro atoms. The number of carboxylic acid groups (broad SMARTS) is 1. The van der Waals surface area contributed by atoms with Gasteiger partial charge in [0.15, 0.2) is 5.67 Å². The van der Waals surface area contributed by atoms with Crippen LogP contribution in [0.25, 0.3) is 0 Å². The molecule has 0 amide bonds. The molecule has 0 saturated heterocycles. The number of hydrogen-bond donors (Lipinski definition) is 1. The molecular weight excluding hydrogens is 199 g/mol. The molecule has 1 atom stereocenters. The Morgan fingerprint density at radius 1 is 1.60 bits per heavy atom. The molecule has 1 aliphatic heterocycles. The Kier molecular flexibility index (Phi) is 2.23. The van der Waals surface area contributed by atoms with Crippen molar-refractivity contribution < 1.29 is 19.0 Å². The third kappa shape index (κ3) is 1.72. The summed E-state index contributed by atoms with van der Waals surface area (Å²) in [7, 11) is 0. The summed E-state index contributed by atoms with van der Waals surface area (Å²) in [6.07, 6.45) is 0. The molecule has 0 aliphatic carbocycles. The number of halogens is 1. The maximum atomic E-state index is 14.0. The van der Waals surface area contributed by atoms with Crippen molar-refractivity contribution in [3.8, 4) is 0 Å². The Balaban J connectivity index is 2.53. The van der Waals surface area contributed by atoms with Crippen molar-refractivity contribution in [2.24, 2.45) is 0 Å². The van der Waals surface area contributed by atoms with Gasteiger partial charge in [-0.1, -0.05) is 6.07 Å². The fourth-order valence-electron chi connectivity index (χ4n) is 1.75. The summed E-state index contributed by atoms with van der Waals surface area (Å²) in [6.45, 7) is 1.72. The molecule has 1 aromatic carbocycles. The zero-order valence-corrected chi connectivity index (χ0v) is 8.29. The van der Waals surface area contributed by atoms with Crippen LogP contribution in [0.15, 0.2) is 18.2 Å². The molecule has 0 saturated carbocycles. The molecule has 4 heteroatoms. The number of rotatable bonds is 1. The van der Waals surface area contributed by atoms with Crippen LogP contribution in [0.2, 0.25) is 0 Å². The van der Waals surface area contributed by atoms with Gasteiger partial charge in [0.05, 0.1) is 18.8 Å². The van der Waals surface area contributed by atoms with Crippen LogP contribution in [0.4, 0.5) is 4.39 Å². The molecule has 0 fully saturated rings. The molecule has 0 radical (unpaired) electrons. The number of fused-ring (bicyclic) bond motifs is 1. The van der Waals surface area contributed by atoms with Crippen LogP contribution in [-0.4, -0.2) is 17.7 Å². The number of carboxylic acids is 1. The minimum atomic E-state index is -1.60. The molecule has 0 aromatic heterocycles. The second-order valence-corrected chi connectivity index (χ2v) is 3.87. The van der Waals surface area contributed by atoms with Crippen LogP contribution in [-0.2, 0) is 17.0 Å². The van der Waals surface area contributed by atoms with Crippen molar-refractivity contribution in [1.29, 1.82) is 0 Å². The highest BCUT2D eigenvalue weighted by molar-refractivity contribution is 5.88. The van der Waals surface area contributed by atoms with Gasteiger partial charge in [0, 0.05) is 0 Å². The van der Waals surface area contributed by atoms with Crippen LogP contribution in [0, 0.1) is 0 Å². The first-order valence-electron chi connectivity index (χ1n) is 4.64. The highest BCUT2D eigenvalue weighted by atomic mass is 19.1. The number of carbonyl (C=O) groups is 1. The van der Waals surface area contributed by atoms with E-state index < -0.39 is 11.6 Å². The van der Waals surface area contributed by atoms with Crippen molar-refractivity contribution in [2.75, 3.05) is 6.61 Å². The number of alkyl halides is 1. The van der Waals surface area contributed by atoms with Crippen molar-refractivity contribution in [2.45, 2.75) is 19.2 Å². The Labute approximate surface area is 86.5 Å². The Bertz CT molecular complexity index is 412. The molecule has 80 valence electrons. The first-order chi connectivity index (χ1) is 7.00. The Hall–Kier alpha value is -1.42. The van der Waals surface area contributed by atoms with Crippen LogP contribution in [0.3, 0.4) is 0 Å². The van der Waals surface area contributed by atoms with Gasteiger partial charge in [0.25, 0.3) is 0 Å². The molecule has 3 nitrogen and oxygen atoms in total. The zero-order valence-electron chi connectivity index (χ0n) is 8.29. The number of benzene rings is 1. The van der Waals surface area contributed by atoms with Crippen LogP contribution in [0.1, 0.15) is 28.4 Å². The van der Waals surface area contributed by atoms with E-state index in [4.69, 9.17) is 9.84 Å². The molecule has 1 aliphatic rings. The summed E-state index contributed by atoms with van der Waals surface area (Å²) in [6, 6.07) is 4.46. The first kappa shape index (κ1) is 10.1. The highest BCUT2D eigenvalue weighted by Gasteiger charge is 2.33. The van der Waals surface area contributed by atoms with E-state index in [0.717, 1.165) is 5.56 Å². The van der Waals surface area contributed by atoms with Crippen LogP contribution < -0.4 is 0 Å². The summed E-state index contributed by atoms with van der Waals surface area (Å²) in [5, 5.41) is 8.80. The number of aromatic carboxylic acids is 1. The summed E-state index contributed by atoms with van der Waals surface area (Å²) in [5.74, 6) is -1.04. The fourth-order valence-corrected chi connectivity index (χ4v) is 1.75. The van der Waals surface area contributed by atoms with Gasteiger partial charge in [0.1, 0.15) is 0 Å². The quantitative estimate of drug-likeness (QED) is 0.772. The van der Waals surface area contributed by atoms with Crippen molar-refractivity contribution in [3.05, 3.63) is 34.9 Å². The van der Waals surface area contributed by atoms with E-state index in [0.29, 0.717) is 12.2 Å². The van der Waals surface area contributed by atoms with Gasteiger partial charge in [-0.05, 0) is 30.2 Å². The lowest BCUT2D eigenvalue weighted by Crippen LogP contribution is -2.29.